The Morgan fingerprint density at radius 2 is 1.86 bits per heavy atom. The van der Waals surface area contributed by atoms with Crippen LogP contribution in [0.15, 0.2) is 30.3 Å². The van der Waals surface area contributed by atoms with Crippen molar-refractivity contribution in [2.24, 2.45) is 0 Å². The summed E-state index contributed by atoms with van der Waals surface area (Å²) in [6, 6.07) is 11.0. The van der Waals surface area contributed by atoms with Gasteiger partial charge in [0.15, 0.2) is 5.82 Å². The largest absolute Gasteiger partial charge is 0.396 e. The summed E-state index contributed by atoms with van der Waals surface area (Å²) >= 11 is 0. The minimum Gasteiger partial charge on any atom is -0.396 e. The minimum atomic E-state index is 0.103. The first-order chi connectivity index (χ1) is 17.0. The third-order valence-corrected chi connectivity index (χ3v) is 7.35. The van der Waals surface area contributed by atoms with E-state index in [1.54, 1.807) is 7.11 Å². The number of anilines is 3. The molecule has 0 radical (unpaired) electrons. The molecule has 1 saturated carbocycles. The monoisotopic (exact) mass is 479 g/mol. The zero-order valence-electron chi connectivity index (χ0n) is 20.9. The maximum Gasteiger partial charge on any atom is 0.225 e. The molecule has 1 atom stereocenters. The number of morpholine rings is 1. The number of ether oxygens (including phenoxy) is 2. The third kappa shape index (κ3) is 5.23. The van der Waals surface area contributed by atoms with Crippen LogP contribution in [0.2, 0.25) is 0 Å². The van der Waals surface area contributed by atoms with Crippen LogP contribution in [0, 0.1) is 0 Å². The lowest BCUT2D eigenvalue weighted by molar-refractivity contribution is -0.134. The van der Waals surface area contributed by atoms with Crippen molar-refractivity contribution in [1.82, 2.24) is 9.88 Å². The summed E-state index contributed by atoms with van der Waals surface area (Å²) in [6.45, 7) is 8.12. The molecule has 3 fully saturated rings. The van der Waals surface area contributed by atoms with Gasteiger partial charge in [0.05, 0.1) is 37.6 Å². The second-order valence-electron chi connectivity index (χ2n) is 9.88. The lowest BCUT2D eigenvalue weighted by atomic mass is 10.00. The molecule has 2 aromatic rings. The van der Waals surface area contributed by atoms with E-state index in [1.807, 2.05) is 4.90 Å². The van der Waals surface area contributed by atoms with Gasteiger partial charge in [0.25, 0.3) is 0 Å². The number of rotatable bonds is 7. The second kappa shape index (κ2) is 10.4. The molecule has 0 spiro atoms. The summed E-state index contributed by atoms with van der Waals surface area (Å²) in [5, 5.41) is 0. The van der Waals surface area contributed by atoms with Crippen LogP contribution in [0.25, 0.3) is 11.1 Å². The molecule has 8 nitrogen and oxygen atoms in total. The van der Waals surface area contributed by atoms with Crippen molar-refractivity contribution in [3.8, 4) is 11.1 Å². The number of nitrogens with zero attached hydrogens (tertiary/aromatic N) is 4. The number of nitrogens with two attached hydrogens (primary N) is 1. The van der Waals surface area contributed by atoms with Crippen molar-refractivity contribution in [2.75, 3.05) is 75.2 Å². The van der Waals surface area contributed by atoms with Crippen LogP contribution in [0.1, 0.15) is 37.8 Å². The summed E-state index contributed by atoms with van der Waals surface area (Å²) in [7, 11) is 1.63. The van der Waals surface area contributed by atoms with Crippen molar-refractivity contribution in [2.45, 2.75) is 38.1 Å². The fraction of sp³-hybridized carbons (Fsp3) is 0.556. The molecule has 2 N–H and O–H groups in total. The first kappa shape index (κ1) is 23.9. The molecule has 1 aromatic carbocycles. The van der Waals surface area contributed by atoms with E-state index in [2.05, 4.69) is 47.1 Å². The number of pyridine rings is 1. The minimum absolute atomic E-state index is 0.103. The van der Waals surface area contributed by atoms with Gasteiger partial charge in [-0.15, -0.1) is 0 Å². The molecule has 2 aliphatic heterocycles. The molecule has 0 bridgehead atoms. The van der Waals surface area contributed by atoms with Crippen LogP contribution in [-0.2, 0) is 14.3 Å². The molecule has 0 unspecified atom stereocenters. The number of nitrogen functional groups attached to an aromatic ring is 1. The Balaban J connectivity index is 1.35. The SMILES string of the molecule is COCCC(=O)N1CCN(c2nc(C3CC3)c(-c3ccc(N4CCOCC4)cc3)cc2N)C[C@H]1C. The second-order valence-corrected chi connectivity index (χ2v) is 9.88. The Bertz CT molecular complexity index is 1030. The predicted octanol–water partition coefficient (Wildman–Crippen LogP) is 3.12. The molecular formula is C27H37N5O3. The van der Waals surface area contributed by atoms with Gasteiger partial charge in [0.2, 0.25) is 5.91 Å². The van der Waals surface area contributed by atoms with Gasteiger partial charge < -0.3 is 29.9 Å². The number of hydrogen-bond acceptors (Lipinski definition) is 7. The van der Waals surface area contributed by atoms with Gasteiger partial charge >= 0.3 is 0 Å². The van der Waals surface area contributed by atoms with E-state index in [1.165, 1.54) is 18.5 Å². The zero-order chi connectivity index (χ0) is 24.4. The van der Waals surface area contributed by atoms with E-state index in [9.17, 15) is 4.79 Å². The number of benzene rings is 1. The van der Waals surface area contributed by atoms with Gasteiger partial charge in [0.1, 0.15) is 0 Å². The Hall–Kier alpha value is -2.84. The summed E-state index contributed by atoms with van der Waals surface area (Å²) in [4.78, 5) is 24.3. The van der Waals surface area contributed by atoms with Crippen LogP contribution >= 0.6 is 0 Å². The maximum atomic E-state index is 12.5. The molecule has 35 heavy (non-hydrogen) atoms. The first-order valence-corrected chi connectivity index (χ1v) is 12.8. The van der Waals surface area contributed by atoms with Gasteiger partial charge in [-0.2, -0.15) is 0 Å². The molecule has 3 heterocycles. The average molecular weight is 480 g/mol. The van der Waals surface area contributed by atoms with E-state index >= 15 is 0 Å². The van der Waals surface area contributed by atoms with Gasteiger partial charge in [-0.1, -0.05) is 12.1 Å². The van der Waals surface area contributed by atoms with Crippen LogP contribution in [0.4, 0.5) is 17.2 Å². The highest BCUT2D eigenvalue weighted by Gasteiger charge is 2.32. The van der Waals surface area contributed by atoms with E-state index in [0.717, 1.165) is 62.0 Å². The number of aromatic nitrogens is 1. The van der Waals surface area contributed by atoms with Crippen molar-refractivity contribution >= 4 is 23.1 Å². The Kier molecular flexibility index (Phi) is 7.11. The van der Waals surface area contributed by atoms with Gasteiger partial charge in [0, 0.05) is 63.0 Å². The molecule has 188 valence electrons. The zero-order valence-corrected chi connectivity index (χ0v) is 20.9. The predicted molar refractivity (Wildman–Crippen MR) is 139 cm³/mol. The lowest BCUT2D eigenvalue weighted by Gasteiger charge is -2.41. The number of methoxy groups -OCH3 is 1. The Labute approximate surface area is 208 Å². The highest BCUT2D eigenvalue weighted by Crippen LogP contribution is 2.45. The summed E-state index contributed by atoms with van der Waals surface area (Å²) in [5.74, 6) is 1.50. The van der Waals surface area contributed by atoms with Crippen molar-refractivity contribution in [1.29, 1.82) is 0 Å². The lowest BCUT2D eigenvalue weighted by Crippen LogP contribution is -2.54. The van der Waals surface area contributed by atoms with Gasteiger partial charge in [-0.25, -0.2) is 4.98 Å². The van der Waals surface area contributed by atoms with Crippen LogP contribution in [0.3, 0.4) is 0 Å². The highest BCUT2D eigenvalue weighted by molar-refractivity contribution is 5.79. The van der Waals surface area contributed by atoms with Gasteiger partial charge in [-0.3, -0.25) is 4.79 Å². The summed E-state index contributed by atoms with van der Waals surface area (Å²) in [6.07, 6.45) is 2.77. The third-order valence-electron chi connectivity index (χ3n) is 7.35. The Morgan fingerprint density at radius 3 is 2.51 bits per heavy atom. The fourth-order valence-electron chi connectivity index (χ4n) is 5.21. The van der Waals surface area contributed by atoms with Crippen LogP contribution in [0.5, 0.6) is 0 Å². The number of carbonyl (C=O) groups is 1. The van der Waals surface area contributed by atoms with Crippen molar-refractivity contribution in [3.63, 3.8) is 0 Å². The summed E-state index contributed by atoms with van der Waals surface area (Å²) < 4.78 is 10.6. The summed E-state index contributed by atoms with van der Waals surface area (Å²) in [5.41, 5.74) is 12.0. The average Bonchev–Trinajstić information content (AvgIpc) is 3.73. The molecule has 2 saturated heterocycles. The number of piperazine rings is 1. The maximum absolute atomic E-state index is 12.5. The molecule has 1 amide bonds. The van der Waals surface area contributed by atoms with E-state index in [4.69, 9.17) is 20.2 Å². The number of carbonyl (C=O) groups excluding carboxylic acids is 1. The van der Waals surface area contributed by atoms with E-state index in [-0.39, 0.29) is 11.9 Å². The van der Waals surface area contributed by atoms with Gasteiger partial charge in [-0.05, 0) is 43.5 Å². The fourth-order valence-corrected chi connectivity index (χ4v) is 5.21. The van der Waals surface area contributed by atoms with E-state index < -0.39 is 0 Å². The number of hydrogen-bond donors (Lipinski definition) is 1. The quantitative estimate of drug-likeness (QED) is 0.653. The number of amides is 1. The van der Waals surface area contributed by atoms with E-state index in [0.29, 0.717) is 31.2 Å². The smallest absolute Gasteiger partial charge is 0.225 e. The topological polar surface area (TPSA) is 84.2 Å². The van der Waals surface area contributed by atoms with Crippen molar-refractivity contribution in [3.05, 3.63) is 36.0 Å². The van der Waals surface area contributed by atoms with Crippen LogP contribution < -0.4 is 15.5 Å². The molecule has 3 aliphatic rings. The molecule has 8 heteroatoms. The Morgan fingerprint density at radius 1 is 1.11 bits per heavy atom. The van der Waals surface area contributed by atoms with Crippen LogP contribution in [-0.4, -0.2) is 81.5 Å². The highest BCUT2D eigenvalue weighted by atomic mass is 16.5. The molecule has 1 aliphatic carbocycles. The van der Waals surface area contributed by atoms with Crippen molar-refractivity contribution < 1.29 is 14.3 Å². The molecule has 5 rings (SSSR count). The molecular weight excluding hydrogens is 442 g/mol. The molecule has 1 aromatic heterocycles. The normalized spacial score (nSPS) is 20.9. The first-order valence-electron chi connectivity index (χ1n) is 12.8. The standard InChI is InChI=1S/C27H37N5O3/c1-19-18-31(10-11-32(19)25(33)9-14-34-2)27-24(28)17-23(26(29-27)21-3-4-21)20-5-7-22(8-6-20)30-12-15-35-16-13-30/h5-8,17,19,21H,3-4,9-16,18,28H2,1-2H3/t19-/m1/s1.